The minimum Gasteiger partial charge on any atom is -0.350 e. The molecule has 1 heterocycles. The number of rotatable bonds is 8. The van der Waals surface area contributed by atoms with Gasteiger partial charge in [-0.25, -0.2) is 22.2 Å². The van der Waals surface area contributed by atoms with Gasteiger partial charge in [0.25, 0.3) is 15.9 Å². The van der Waals surface area contributed by atoms with Crippen molar-refractivity contribution in [3.8, 4) is 0 Å². The molecule has 1 saturated carbocycles. The average molecular weight is 524 g/mol. The van der Waals surface area contributed by atoms with E-state index in [2.05, 4.69) is 10.0 Å². The van der Waals surface area contributed by atoms with E-state index in [4.69, 9.17) is 10.4 Å². The van der Waals surface area contributed by atoms with Crippen LogP contribution in [0.5, 0.6) is 0 Å². The molecule has 3 N–H and O–H groups in total. The van der Waals surface area contributed by atoms with Gasteiger partial charge in [0, 0.05) is 43.3 Å². The van der Waals surface area contributed by atoms with E-state index in [0.717, 1.165) is 23.8 Å². The molecule has 0 radical (unpaired) electrons. The highest BCUT2D eigenvalue weighted by atomic mass is 32.2. The van der Waals surface area contributed by atoms with E-state index in [9.17, 15) is 22.0 Å². The third-order valence-electron chi connectivity index (χ3n) is 6.19. The highest BCUT2D eigenvalue weighted by molar-refractivity contribution is 7.89. The number of sulfonamides is 1. The van der Waals surface area contributed by atoms with Crippen molar-refractivity contribution in [2.24, 2.45) is 5.92 Å². The Morgan fingerprint density at radius 1 is 1.28 bits per heavy atom. The summed E-state index contributed by atoms with van der Waals surface area (Å²) in [5.41, 5.74) is 0.743. The van der Waals surface area contributed by atoms with Gasteiger partial charge in [-0.05, 0) is 50.8 Å². The molecule has 3 rings (SSSR count). The van der Waals surface area contributed by atoms with E-state index >= 15 is 0 Å². The molecular weight excluding hydrogens is 488 g/mol. The number of carbonyl (C=O) groups excluding carboxylic acids is 1. The van der Waals surface area contributed by atoms with Crippen molar-refractivity contribution >= 4 is 33.2 Å². The van der Waals surface area contributed by atoms with E-state index in [1.54, 1.807) is 19.9 Å². The Balaban J connectivity index is 1.92. The molecule has 36 heavy (non-hydrogen) atoms. The minimum absolute atomic E-state index is 0.0396. The number of carbonyl (C=O) groups is 1. The van der Waals surface area contributed by atoms with Gasteiger partial charge < -0.3 is 15.3 Å². The van der Waals surface area contributed by atoms with Gasteiger partial charge in [-0.1, -0.05) is 20.8 Å². The normalized spacial score (nSPS) is 17.4. The fourth-order valence-corrected chi connectivity index (χ4v) is 5.23. The van der Waals surface area contributed by atoms with Gasteiger partial charge in [0.15, 0.2) is 0 Å². The smallest absolute Gasteiger partial charge is 0.261 e. The van der Waals surface area contributed by atoms with Crippen LogP contribution in [-0.2, 0) is 26.8 Å². The molecule has 198 valence electrons. The van der Waals surface area contributed by atoms with Crippen molar-refractivity contribution in [2.75, 3.05) is 0 Å². The molecule has 2 aromatic rings. The summed E-state index contributed by atoms with van der Waals surface area (Å²) in [5, 5.41) is 10.0. The molecule has 1 amide bonds. The number of fused-ring (bicyclic) bond motifs is 1. The highest BCUT2D eigenvalue weighted by Gasteiger charge is 2.36. The zero-order valence-corrected chi connectivity index (χ0v) is 22.2. The molecule has 8 nitrogen and oxygen atoms in total. The predicted molar refractivity (Wildman–Crippen MR) is 136 cm³/mol. The molecular formula is C25H35F2N5O3S. The second kappa shape index (κ2) is 10.3. The third-order valence-corrected chi connectivity index (χ3v) is 7.49. The second-order valence-corrected chi connectivity index (χ2v) is 12.5. The molecule has 0 atom stereocenters. The molecule has 0 unspecified atom stereocenters. The van der Waals surface area contributed by atoms with Crippen LogP contribution in [0.4, 0.5) is 8.78 Å². The van der Waals surface area contributed by atoms with Crippen LogP contribution in [0.3, 0.4) is 0 Å². The Hall–Kier alpha value is -2.82. The van der Waals surface area contributed by atoms with Crippen LogP contribution < -0.4 is 10.0 Å². The fourth-order valence-electron chi connectivity index (χ4n) is 4.30. The van der Waals surface area contributed by atoms with Gasteiger partial charge in [0.2, 0.25) is 5.92 Å². The van der Waals surface area contributed by atoms with Gasteiger partial charge >= 0.3 is 0 Å². The molecule has 0 saturated heterocycles. The molecule has 11 heteroatoms. The second-order valence-electron chi connectivity index (χ2n) is 10.7. The molecule has 1 aromatic carbocycles. The lowest BCUT2D eigenvalue weighted by molar-refractivity contribution is -0.117. The molecule has 0 aliphatic heterocycles. The van der Waals surface area contributed by atoms with Crippen LogP contribution in [0.1, 0.15) is 66.1 Å². The number of aromatic nitrogens is 2. The Kier molecular flexibility index (Phi) is 7.92. The number of hydrogen-bond acceptors (Lipinski definition) is 5. The number of hydrogen-bond donors (Lipinski definition) is 3. The monoisotopic (exact) mass is 523 g/mol. The van der Waals surface area contributed by atoms with Gasteiger partial charge in [-0.2, -0.15) is 0 Å². The lowest BCUT2D eigenvalue weighted by atomic mass is 9.86. The first-order valence-electron chi connectivity index (χ1n) is 12.1. The summed E-state index contributed by atoms with van der Waals surface area (Å²) < 4.78 is 57.5. The van der Waals surface area contributed by atoms with E-state index in [0.29, 0.717) is 24.9 Å². The lowest BCUT2D eigenvalue weighted by Crippen LogP contribution is -2.32. The quantitative estimate of drug-likeness (QED) is 0.349. The Morgan fingerprint density at radius 2 is 1.92 bits per heavy atom. The molecule has 1 fully saturated rings. The van der Waals surface area contributed by atoms with Crippen LogP contribution in [0.15, 0.2) is 34.9 Å². The first-order chi connectivity index (χ1) is 16.6. The summed E-state index contributed by atoms with van der Waals surface area (Å²) in [7, 11) is -4.04. The van der Waals surface area contributed by atoms with E-state index < -0.39 is 21.9 Å². The maximum absolute atomic E-state index is 13.6. The van der Waals surface area contributed by atoms with E-state index in [-0.39, 0.29) is 40.7 Å². The number of alkyl halides is 2. The van der Waals surface area contributed by atoms with Gasteiger partial charge in [-0.15, -0.1) is 0 Å². The zero-order chi connectivity index (χ0) is 26.9. The largest absolute Gasteiger partial charge is 0.350 e. The highest BCUT2D eigenvalue weighted by Crippen LogP contribution is 2.38. The minimum atomic E-state index is -4.04. The number of imidazole rings is 1. The number of amides is 1. The summed E-state index contributed by atoms with van der Waals surface area (Å²) in [6, 6.07) is 4.43. The summed E-state index contributed by atoms with van der Waals surface area (Å²) in [5.74, 6) is -2.31. The zero-order valence-electron chi connectivity index (χ0n) is 21.4. The van der Waals surface area contributed by atoms with Crippen molar-refractivity contribution in [2.45, 2.75) is 89.1 Å². The molecule has 1 aliphatic carbocycles. The summed E-state index contributed by atoms with van der Waals surface area (Å²) >= 11 is 0. The number of nitrogens with zero attached hydrogens (tertiary/aromatic N) is 2. The van der Waals surface area contributed by atoms with Crippen molar-refractivity contribution in [1.29, 1.82) is 5.41 Å². The maximum Gasteiger partial charge on any atom is 0.261 e. The number of benzene rings is 1. The van der Waals surface area contributed by atoms with Crippen LogP contribution in [0.2, 0.25) is 0 Å². The van der Waals surface area contributed by atoms with Gasteiger partial charge in [-0.3, -0.25) is 9.52 Å². The van der Waals surface area contributed by atoms with Gasteiger partial charge in [0.05, 0.1) is 21.5 Å². The summed E-state index contributed by atoms with van der Waals surface area (Å²) in [6.07, 6.45) is 2.38. The number of nitrogens with one attached hydrogen (secondary N) is 3. The molecule has 0 spiro atoms. The van der Waals surface area contributed by atoms with Crippen LogP contribution in [0.25, 0.3) is 11.0 Å². The predicted octanol–water partition coefficient (Wildman–Crippen LogP) is 4.50. The first-order valence-corrected chi connectivity index (χ1v) is 13.5. The maximum atomic E-state index is 13.6. The molecule has 0 bridgehead atoms. The molecule has 1 aromatic heterocycles. The van der Waals surface area contributed by atoms with Gasteiger partial charge in [0.1, 0.15) is 5.82 Å². The average Bonchev–Trinajstić information content (AvgIpc) is 3.13. The van der Waals surface area contributed by atoms with Crippen molar-refractivity contribution in [1.82, 2.24) is 19.6 Å². The Morgan fingerprint density at radius 3 is 2.47 bits per heavy atom. The third kappa shape index (κ3) is 6.48. The van der Waals surface area contributed by atoms with Crippen LogP contribution in [0, 0.1) is 11.3 Å². The standard InChI is InChI=1S/C25H35F2N5O3S/c1-16(2)30-22(33)18(13-28)14-29-36(34,35)19-6-7-21-20(12-19)31-23(24(3,4)5)32(21)15-17-8-10-25(26,27)11-9-17/h6-7,12-14,16-17,28-29H,8-11,15H2,1-5H3,(H,30,33)/b18-14+,28-13?. The SMILES string of the molecule is CC(C)NC(=O)/C(C=N)=C/NS(=O)(=O)c1ccc2c(c1)nc(C(C)(C)C)n2CC1CCC(F)(F)CC1. The fraction of sp³-hybridized carbons (Fsp3) is 0.560. The Labute approximate surface area is 211 Å². The topological polar surface area (TPSA) is 117 Å². The summed E-state index contributed by atoms with van der Waals surface area (Å²) in [6.45, 7) is 10.1. The lowest BCUT2D eigenvalue weighted by Gasteiger charge is -2.30. The van der Waals surface area contributed by atoms with Crippen LogP contribution in [-0.4, -0.2) is 42.1 Å². The van der Waals surface area contributed by atoms with Crippen molar-refractivity contribution < 1.29 is 22.0 Å². The Bertz CT molecular complexity index is 1270. The summed E-state index contributed by atoms with van der Waals surface area (Å²) in [4.78, 5) is 16.8. The van der Waals surface area contributed by atoms with Crippen LogP contribution >= 0.6 is 0 Å². The number of halogens is 2. The van der Waals surface area contributed by atoms with E-state index in [1.807, 2.05) is 25.3 Å². The van der Waals surface area contributed by atoms with Crippen molar-refractivity contribution in [3.63, 3.8) is 0 Å². The van der Waals surface area contributed by atoms with E-state index in [1.165, 1.54) is 12.1 Å². The first kappa shape index (κ1) is 27.8. The molecule has 1 aliphatic rings. The van der Waals surface area contributed by atoms with Crippen molar-refractivity contribution in [3.05, 3.63) is 35.8 Å².